The fourth-order valence-corrected chi connectivity index (χ4v) is 2.48. The number of hydrogen-bond acceptors (Lipinski definition) is 6. The fraction of sp³-hybridized carbons (Fsp3) is 0.667. The molecule has 0 bridgehead atoms. The van der Waals surface area contributed by atoms with Gasteiger partial charge in [0.05, 0.1) is 0 Å². The number of amides is 1. The van der Waals surface area contributed by atoms with Crippen LogP contribution >= 0.6 is 0 Å². The van der Waals surface area contributed by atoms with E-state index in [-0.39, 0.29) is 5.91 Å². The second-order valence-electron chi connectivity index (χ2n) is 5.84. The van der Waals surface area contributed by atoms with Crippen molar-refractivity contribution in [2.75, 3.05) is 63.6 Å². The first-order valence-corrected chi connectivity index (χ1v) is 7.77. The Labute approximate surface area is 132 Å². The topological polar surface area (TPSA) is 64.6 Å². The quantitative estimate of drug-likeness (QED) is 0.773. The molecule has 22 heavy (non-hydrogen) atoms. The first-order chi connectivity index (χ1) is 10.6. The monoisotopic (exact) mass is 306 g/mol. The van der Waals surface area contributed by atoms with Crippen LogP contribution in [0, 0.1) is 0 Å². The minimum absolute atomic E-state index is 0.144. The van der Waals surface area contributed by atoms with E-state index in [1.54, 1.807) is 13.3 Å². The van der Waals surface area contributed by atoms with Gasteiger partial charge in [-0.3, -0.25) is 4.79 Å². The molecular formula is C15H26N6O. The van der Waals surface area contributed by atoms with E-state index in [4.69, 9.17) is 0 Å². The standard InChI is InChI=1S/C15H26N6O/c1-13(22)20-7-9-21(10-8-20)15-11-14(17-12-18-15)16-5-4-6-19(2)3/h11-12H,4-10H2,1-3H3,(H,16,17,18). The highest BCUT2D eigenvalue weighted by molar-refractivity contribution is 5.73. The number of aromatic nitrogens is 2. The van der Waals surface area contributed by atoms with Gasteiger partial charge in [0, 0.05) is 45.7 Å². The average molecular weight is 306 g/mol. The number of hydrogen-bond donors (Lipinski definition) is 1. The Balaban J connectivity index is 1.85. The number of carbonyl (C=O) groups is 1. The van der Waals surface area contributed by atoms with Crippen LogP contribution in [0.2, 0.25) is 0 Å². The molecule has 1 aliphatic rings. The van der Waals surface area contributed by atoms with Gasteiger partial charge in [-0.15, -0.1) is 0 Å². The van der Waals surface area contributed by atoms with Crippen molar-refractivity contribution in [2.24, 2.45) is 0 Å². The van der Waals surface area contributed by atoms with Crippen LogP contribution in [0.1, 0.15) is 13.3 Å². The van der Waals surface area contributed by atoms with Crippen molar-refractivity contribution < 1.29 is 4.79 Å². The smallest absolute Gasteiger partial charge is 0.219 e. The Morgan fingerprint density at radius 1 is 1.27 bits per heavy atom. The molecule has 1 amide bonds. The molecule has 1 N–H and O–H groups in total. The normalized spacial score (nSPS) is 15.3. The van der Waals surface area contributed by atoms with Gasteiger partial charge in [-0.1, -0.05) is 0 Å². The molecular weight excluding hydrogens is 280 g/mol. The summed E-state index contributed by atoms with van der Waals surface area (Å²) in [5.74, 6) is 1.93. The summed E-state index contributed by atoms with van der Waals surface area (Å²) in [6.07, 6.45) is 2.67. The molecule has 0 radical (unpaired) electrons. The fourth-order valence-electron chi connectivity index (χ4n) is 2.48. The zero-order valence-corrected chi connectivity index (χ0v) is 13.7. The molecule has 1 aromatic rings. The maximum atomic E-state index is 11.4. The summed E-state index contributed by atoms with van der Waals surface area (Å²) in [5.41, 5.74) is 0. The maximum absolute atomic E-state index is 11.4. The molecule has 0 saturated carbocycles. The van der Waals surface area contributed by atoms with Gasteiger partial charge in [-0.2, -0.15) is 0 Å². The molecule has 7 heteroatoms. The molecule has 2 heterocycles. The predicted octanol–water partition coefficient (Wildman–Crippen LogP) is 0.509. The van der Waals surface area contributed by atoms with Crippen LogP contribution in [0.4, 0.5) is 11.6 Å². The molecule has 0 aliphatic carbocycles. The lowest BCUT2D eigenvalue weighted by Crippen LogP contribution is -2.48. The number of rotatable bonds is 6. The van der Waals surface area contributed by atoms with E-state index in [0.717, 1.165) is 57.3 Å². The predicted molar refractivity (Wildman–Crippen MR) is 88.2 cm³/mol. The maximum Gasteiger partial charge on any atom is 0.219 e. The molecule has 1 aliphatic heterocycles. The molecule has 1 saturated heterocycles. The summed E-state index contributed by atoms with van der Waals surface area (Å²) < 4.78 is 0. The van der Waals surface area contributed by atoms with Gasteiger partial charge in [-0.05, 0) is 27.1 Å². The number of nitrogens with one attached hydrogen (secondary N) is 1. The molecule has 7 nitrogen and oxygen atoms in total. The molecule has 122 valence electrons. The van der Waals surface area contributed by atoms with Crippen molar-refractivity contribution in [1.29, 1.82) is 0 Å². The third kappa shape index (κ3) is 4.84. The van der Waals surface area contributed by atoms with Gasteiger partial charge < -0.3 is 20.0 Å². The van der Waals surface area contributed by atoms with Crippen molar-refractivity contribution in [1.82, 2.24) is 19.8 Å². The van der Waals surface area contributed by atoms with Gasteiger partial charge in [0.15, 0.2) is 0 Å². The third-order valence-corrected chi connectivity index (χ3v) is 3.79. The minimum atomic E-state index is 0.144. The Morgan fingerprint density at radius 3 is 2.64 bits per heavy atom. The lowest BCUT2D eigenvalue weighted by molar-refractivity contribution is -0.129. The largest absolute Gasteiger partial charge is 0.370 e. The van der Waals surface area contributed by atoms with Crippen molar-refractivity contribution in [3.63, 3.8) is 0 Å². The highest BCUT2D eigenvalue weighted by Crippen LogP contribution is 2.16. The summed E-state index contributed by atoms with van der Waals surface area (Å²) in [5, 5.41) is 3.34. The third-order valence-electron chi connectivity index (χ3n) is 3.79. The first kappa shape index (κ1) is 16.5. The van der Waals surface area contributed by atoms with E-state index in [2.05, 4.69) is 39.2 Å². The summed E-state index contributed by atoms with van der Waals surface area (Å²) >= 11 is 0. The highest BCUT2D eigenvalue weighted by Gasteiger charge is 2.19. The molecule has 0 aromatic carbocycles. The Hall–Kier alpha value is -1.89. The second kappa shape index (κ2) is 7.93. The van der Waals surface area contributed by atoms with Gasteiger partial charge in [0.1, 0.15) is 18.0 Å². The second-order valence-corrected chi connectivity index (χ2v) is 5.84. The lowest BCUT2D eigenvalue weighted by Gasteiger charge is -2.34. The molecule has 2 rings (SSSR count). The van der Waals surface area contributed by atoms with E-state index in [9.17, 15) is 4.79 Å². The molecule has 1 fully saturated rings. The molecule has 0 atom stereocenters. The number of anilines is 2. The van der Waals surface area contributed by atoms with Gasteiger partial charge in [0.25, 0.3) is 0 Å². The van der Waals surface area contributed by atoms with Gasteiger partial charge in [0.2, 0.25) is 5.91 Å². The van der Waals surface area contributed by atoms with Crippen LogP contribution in [-0.2, 0) is 4.79 Å². The van der Waals surface area contributed by atoms with Crippen LogP contribution in [0.5, 0.6) is 0 Å². The Kier molecular flexibility index (Phi) is 5.94. The van der Waals surface area contributed by atoms with E-state index < -0.39 is 0 Å². The summed E-state index contributed by atoms with van der Waals surface area (Å²) in [6, 6.07) is 1.99. The van der Waals surface area contributed by atoms with Crippen LogP contribution in [-0.4, -0.2) is 79.0 Å². The van der Waals surface area contributed by atoms with E-state index in [1.165, 1.54) is 0 Å². The number of nitrogens with zero attached hydrogens (tertiary/aromatic N) is 5. The lowest BCUT2D eigenvalue weighted by atomic mass is 10.3. The van der Waals surface area contributed by atoms with Crippen LogP contribution in [0.15, 0.2) is 12.4 Å². The molecule has 0 spiro atoms. The van der Waals surface area contributed by atoms with Crippen LogP contribution in [0.3, 0.4) is 0 Å². The minimum Gasteiger partial charge on any atom is -0.370 e. The molecule has 1 aromatic heterocycles. The highest BCUT2D eigenvalue weighted by atomic mass is 16.2. The van der Waals surface area contributed by atoms with Crippen molar-refractivity contribution in [3.05, 3.63) is 12.4 Å². The Bertz CT molecular complexity index is 485. The zero-order chi connectivity index (χ0) is 15.9. The van der Waals surface area contributed by atoms with E-state index in [1.807, 2.05) is 11.0 Å². The summed E-state index contributed by atoms with van der Waals surface area (Å²) in [4.78, 5) is 26.2. The van der Waals surface area contributed by atoms with E-state index >= 15 is 0 Å². The zero-order valence-electron chi connectivity index (χ0n) is 13.7. The number of piperazine rings is 1. The van der Waals surface area contributed by atoms with Crippen molar-refractivity contribution in [3.8, 4) is 0 Å². The van der Waals surface area contributed by atoms with Gasteiger partial charge >= 0.3 is 0 Å². The van der Waals surface area contributed by atoms with Crippen molar-refractivity contribution >= 4 is 17.5 Å². The van der Waals surface area contributed by atoms with Crippen LogP contribution in [0.25, 0.3) is 0 Å². The average Bonchev–Trinajstić information content (AvgIpc) is 2.52. The van der Waals surface area contributed by atoms with E-state index in [0.29, 0.717) is 0 Å². The molecule has 0 unspecified atom stereocenters. The summed E-state index contributed by atoms with van der Waals surface area (Å²) in [7, 11) is 4.15. The number of carbonyl (C=O) groups excluding carboxylic acids is 1. The SMILES string of the molecule is CC(=O)N1CCN(c2cc(NCCCN(C)C)ncn2)CC1. The first-order valence-electron chi connectivity index (χ1n) is 7.77. The van der Waals surface area contributed by atoms with Crippen molar-refractivity contribution in [2.45, 2.75) is 13.3 Å². The summed E-state index contributed by atoms with van der Waals surface area (Å²) in [6.45, 7) is 6.71. The van der Waals surface area contributed by atoms with Crippen LogP contribution < -0.4 is 10.2 Å². The van der Waals surface area contributed by atoms with Gasteiger partial charge in [-0.25, -0.2) is 9.97 Å². The Morgan fingerprint density at radius 2 is 2.00 bits per heavy atom.